The monoisotopic (exact) mass is 528 g/mol. The summed E-state index contributed by atoms with van der Waals surface area (Å²) in [7, 11) is 0. The largest absolute Gasteiger partial charge is 0.490 e. The molecule has 2 N–H and O–H groups in total. The fourth-order valence-electron chi connectivity index (χ4n) is 3.73. The smallest absolute Gasteiger partial charge is 0.475 e. The SMILES string of the molecule is Cc1ccc(CN2CC[C@H]3[C@H]2CCN3c2ncccn2)s1.O=C(O)C(F)(F)F.O=C(O)C(F)(F)F. The quantitative estimate of drug-likeness (QED) is 0.577. The third-order valence-corrected chi connectivity index (χ3v) is 6.13. The number of rotatable bonds is 3. The summed E-state index contributed by atoms with van der Waals surface area (Å²) < 4.78 is 63.5. The van der Waals surface area contributed by atoms with Crippen LogP contribution >= 0.6 is 11.3 Å². The highest BCUT2D eigenvalue weighted by Gasteiger charge is 2.43. The molecule has 2 fully saturated rings. The zero-order valence-electron chi connectivity index (χ0n) is 18.3. The zero-order valence-corrected chi connectivity index (χ0v) is 19.1. The Hall–Kier alpha value is -2.94. The van der Waals surface area contributed by atoms with E-state index in [0.717, 1.165) is 19.0 Å². The molecule has 0 bridgehead atoms. The van der Waals surface area contributed by atoms with Crippen molar-refractivity contribution in [2.75, 3.05) is 18.0 Å². The summed E-state index contributed by atoms with van der Waals surface area (Å²) in [4.78, 5) is 34.6. The summed E-state index contributed by atoms with van der Waals surface area (Å²) in [5.74, 6) is -4.61. The van der Waals surface area contributed by atoms with Gasteiger partial charge in [-0.15, -0.1) is 11.3 Å². The Bertz CT molecular complexity index is 962. The summed E-state index contributed by atoms with van der Waals surface area (Å²) >= 11 is 1.93. The molecule has 0 aliphatic carbocycles. The van der Waals surface area contributed by atoms with Gasteiger partial charge >= 0.3 is 24.3 Å². The number of carbonyl (C=O) groups is 2. The lowest BCUT2D eigenvalue weighted by Gasteiger charge is -2.25. The lowest BCUT2D eigenvalue weighted by atomic mass is 10.1. The molecule has 35 heavy (non-hydrogen) atoms. The van der Waals surface area contributed by atoms with Gasteiger partial charge in [0.1, 0.15) is 0 Å². The molecule has 2 aromatic heterocycles. The molecule has 2 aliphatic rings. The maximum Gasteiger partial charge on any atom is 0.490 e. The minimum Gasteiger partial charge on any atom is -0.475 e. The molecule has 4 heterocycles. The standard InChI is InChI=1S/C16H20N4S.2C2HF3O2/c1-12-3-4-13(21-12)11-19-9-5-15-14(19)6-10-20(15)16-17-7-2-8-18-16;2*3-2(4,5)1(6)7/h2-4,7-8,14-15H,5-6,9-11H2,1H3;2*(H,6,7)/t14-,15+;;/m1../s1. The van der Waals surface area contributed by atoms with Crippen LogP contribution in [0.4, 0.5) is 32.3 Å². The molecule has 2 atom stereocenters. The average Bonchev–Trinajstić information content (AvgIpc) is 3.46. The number of anilines is 1. The van der Waals surface area contributed by atoms with Crippen LogP contribution in [0.5, 0.6) is 0 Å². The van der Waals surface area contributed by atoms with Crippen LogP contribution in [0.3, 0.4) is 0 Å². The van der Waals surface area contributed by atoms with Gasteiger partial charge in [0.2, 0.25) is 5.95 Å². The van der Waals surface area contributed by atoms with Crippen molar-refractivity contribution in [3.63, 3.8) is 0 Å². The van der Waals surface area contributed by atoms with E-state index in [1.165, 1.54) is 29.1 Å². The number of nitrogens with zero attached hydrogens (tertiary/aromatic N) is 4. The fraction of sp³-hybridized carbons (Fsp3) is 0.500. The van der Waals surface area contributed by atoms with Crippen LogP contribution < -0.4 is 4.90 Å². The van der Waals surface area contributed by atoms with Crippen molar-refractivity contribution in [1.82, 2.24) is 14.9 Å². The van der Waals surface area contributed by atoms with E-state index in [1.54, 1.807) is 0 Å². The molecule has 0 unspecified atom stereocenters. The lowest BCUT2D eigenvalue weighted by Crippen LogP contribution is -2.36. The van der Waals surface area contributed by atoms with Crippen LogP contribution in [-0.4, -0.2) is 74.5 Å². The van der Waals surface area contributed by atoms with Crippen molar-refractivity contribution in [2.24, 2.45) is 0 Å². The maximum atomic E-state index is 10.6. The second-order valence-electron chi connectivity index (χ2n) is 7.54. The van der Waals surface area contributed by atoms with E-state index < -0.39 is 24.3 Å². The van der Waals surface area contributed by atoms with Crippen LogP contribution in [0.1, 0.15) is 22.6 Å². The lowest BCUT2D eigenvalue weighted by molar-refractivity contribution is -0.193. The minimum absolute atomic E-state index is 0.591. The van der Waals surface area contributed by atoms with Gasteiger partial charge in [0, 0.05) is 53.9 Å². The van der Waals surface area contributed by atoms with Gasteiger partial charge in [-0.25, -0.2) is 19.6 Å². The summed E-state index contributed by atoms with van der Waals surface area (Å²) in [6.07, 6.45) is -4.02. The van der Waals surface area contributed by atoms with Gasteiger partial charge in [-0.3, -0.25) is 4.90 Å². The first-order valence-electron chi connectivity index (χ1n) is 10.1. The molecule has 8 nitrogen and oxygen atoms in total. The predicted octanol–water partition coefficient (Wildman–Crippen LogP) is 3.97. The first kappa shape index (κ1) is 28.3. The fourth-order valence-corrected chi connectivity index (χ4v) is 4.65. The molecule has 4 rings (SSSR count). The molecule has 0 saturated carbocycles. The molecule has 15 heteroatoms. The topological polar surface area (TPSA) is 107 Å². The second kappa shape index (κ2) is 11.7. The highest BCUT2D eigenvalue weighted by Crippen LogP contribution is 2.35. The highest BCUT2D eigenvalue weighted by molar-refractivity contribution is 7.11. The Morgan fingerprint density at radius 3 is 1.94 bits per heavy atom. The summed E-state index contributed by atoms with van der Waals surface area (Å²) in [6, 6.07) is 7.65. The average molecular weight is 528 g/mol. The van der Waals surface area contributed by atoms with Crippen LogP contribution in [0.2, 0.25) is 0 Å². The van der Waals surface area contributed by atoms with E-state index in [4.69, 9.17) is 19.8 Å². The molecule has 194 valence electrons. The molecular weight excluding hydrogens is 506 g/mol. The minimum atomic E-state index is -5.08. The number of aryl methyl sites for hydroxylation is 1. The number of hydrogen-bond donors (Lipinski definition) is 2. The second-order valence-corrected chi connectivity index (χ2v) is 8.92. The van der Waals surface area contributed by atoms with Gasteiger partial charge < -0.3 is 15.1 Å². The van der Waals surface area contributed by atoms with Crippen molar-refractivity contribution >= 4 is 29.2 Å². The van der Waals surface area contributed by atoms with E-state index in [2.05, 4.69) is 38.8 Å². The van der Waals surface area contributed by atoms with E-state index in [0.29, 0.717) is 12.1 Å². The van der Waals surface area contributed by atoms with E-state index in [9.17, 15) is 26.3 Å². The highest BCUT2D eigenvalue weighted by atomic mass is 32.1. The number of carboxylic acids is 2. The number of alkyl halides is 6. The first-order chi connectivity index (χ1) is 16.2. The molecule has 2 saturated heterocycles. The van der Waals surface area contributed by atoms with E-state index in [-0.39, 0.29) is 0 Å². The molecular formula is C20H22F6N4O4S. The van der Waals surface area contributed by atoms with Gasteiger partial charge in [0.15, 0.2) is 0 Å². The number of hydrogen-bond acceptors (Lipinski definition) is 7. The van der Waals surface area contributed by atoms with Crippen LogP contribution in [0, 0.1) is 6.92 Å². The molecule has 0 amide bonds. The molecule has 2 aromatic rings. The number of thiophene rings is 1. The normalized spacial score (nSPS) is 19.8. The molecule has 0 radical (unpaired) electrons. The van der Waals surface area contributed by atoms with Gasteiger partial charge in [-0.2, -0.15) is 26.3 Å². The van der Waals surface area contributed by atoms with E-state index in [1.807, 2.05) is 29.8 Å². The van der Waals surface area contributed by atoms with E-state index >= 15 is 0 Å². The van der Waals surface area contributed by atoms with Crippen LogP contribution in [-0.2, 0) is 16.1 Å². The summed E-state index contributed by atoms with van der Waals surface area (Å²) in [5, 5.41) is 14.2. The Labute approximate surface area is 199 Å². The number of aliphatic carboxylic acids is 2. The summed E-state index contributed by atoms with van der Waals surface area (Å²) in [6.45, 7) is 5.56. The van der Waals surface area contributed by atoms with Gasteiger partial charge in [-0.1, -0.05) is 0 Å². The molecule has 0 aromatic carbocycles. The van der Waals surface area contributed by atoms with Crippen LogP contribution in [0.15, 0.2) is 30.6 Å². The number of likely N-dealkylation sites (tertiary alicyclic amines) is 1. The number of halogens is 6. The van der Waals surface area contributed by atoms with Crippen molar-refractivity contribution in [3.05, 3.63) is 40.3 Å². The van der Waals surface area contributed by atoms with Gasteiger partial charge in [-0.05, 0) is 38.0 Å². The molecule has 0 spiro atoms. The number of carboxylic acid groups (broad SMARTS) is 2. The third-order valence-electron chi connectivity index (χ3n) is 5.14. The Morgan fingerprint density at radius 2 is 1.49 bits per heavy atom. The summed E-state index contributed by atoms with van der Waals surface area (Å²) in [5.41, 5.74) is 0. The third kappa shape index (κ3) is 8.35. The van der Waals surface area contributed by atoms with Crippen molar-refractivity contribution in [2.45, 2.75) is 50.7 Å². The predicted molar refractivity (Wildman–Crippen MR) is 113 cm³/mol. The van der Waals surface area contributed by atoms with Crippen LogP contribution in [0.25, 0.3) is 0 Å². The van der Waals surface area contributed by atoms with Gasteiger partial charge in [0.05, 0.1) is 0 Å². The number of aromatic nitrogens is 2. The Morgan fingerprint density at radius 1 is 0.971 bits per heavy atom. The Kier molecular flexibility index (Phi) is 9.43. The first-order valence-corrected chi connectivity index (χ1v) is 10.9. The van der Waals surface area contributed by atoms with Crippen molar-refractivity contribution in [1.29, 1.82) is 0 Å². The van der Waals surface area contributed by atoms with Crippen molar-refractivity contribution in [3.8, 4) is 0 Å². The van der Waals surface area contributed by atoms with Gasteiger partial charge in [0.25, 0.3) is 0 Å². The zero-order chi connectivity index (χ0) is 26.4. The maximum absolute atomic E-state index is 10.6. The van der Waals surface area contributed by atoms with Crippen molar-refractivity contribution < 1.29 is 46.1 Å². The molecule has 2 aliphatic heterocycles. The Balaban J connectivity index is 0.000000257. The number of fused-ring (bicyclic) bond motifs is 1.